The molecule has 0 saturated carbocycles. The number of carbonyl (C=O) groups excluding carboxylic acids is 1. The molecule has 2 N–H and O–H groups in total. The van der Waals surface area contributed by atoms with E-state index in [-0.39, 0.29) is 10.8 Å². The van der Waals surface area contributed by atoms with Crippen molar-refractivity contribution in [1.82, 2.24) is 0 Å². The van der Waals surface area contributed by atoms with Crippen molar-refractivity contribution in [2.24, 2.45) is 5.73 Å². The number of primary amides is 1. The largest absolute Gasteiger partial charge is 0.478 e. The van der Waals surface area contributed by atoms with Gasteiger partial charge in [0.15, 0.2) is 17.7 Å². The zero-order valence-corrected chi connectivity index (χ0v) is 8.22. The summed E-state index contributed by atoms with van der Waals surface area (Å²) in [6.07, 6.45) is -0.870. The van der Waals surface area contributed by atoms with Crippen LogP contribution in [0.2, 0.25) is 5.02 Å². The van der Waals surface area contributed by atoms with Gasteiger partial charge in [0.1, 0.15) is 0 Å². The van der Waals surface area contributed by atoms with Crippen LogP contribution >= 0.6 is 11.6 Å². The Kier molecular flexibility index (Phi) is 3.30. The fourth-order valence-corrected chi connectivity index (χ4v) is 0.978. The highest BCUT2D eigenvalue weighted by Gasteiger charge is 2.13. The average Bonchev–Trinajstić information content (AvgIpc) is 2.09. The first-order chi connectivity index (χ1) is 6.50. The van der Waals surface area contributed by atoms with Gasteiger partial charge in [0.2, 0.25) is 0 Å². The Morgan fingerprint density at radius 2 is 2.29 bits per heavy atom. The zero-order chi connectivity index (χ0) is 10.7. The molecule has 1 aromatic carbocycles. The Hall–Kier alpha value is -1.29. The molecule has 0 saturated heterocycles. The van der Waals surface area contributed by atoms with Crippen LogP contribution in [-0.4, -0.2) is 12.0 Å². The van der Waals surface area contributed by atoms with Gasteiger partial charge in [-0.1, -0.05) is 11.6 Å². The number of benzene rings is 1. The van der Waals surface area contributed by atoms with Gasteiger partial charge in [-0.05, 0) is 25.1 Å². The van der Waals surface area contributed by atoms with Crippen LogP contribution in [0.1, 0.15) is 6.92 Å². The molecule has 0 aliphatic carbocycles. The SMILES string of the molecule is CC(Oc1ccc(Cl)cc1F)C(N)=O. The highest BCUT2D eigenvalue weighted by atomic mass is 35.5. The summed E-state index contributed by atoms with van der Waals surface area (Å²) < 4.78 is 18.1. The van der Waals surface area contributed by atoms with E-state index in [2.05, 4.69) is 0 Å². The number of hydrogen-bond acceptors (Lipinski definition) is 2. The molecule has 1 aromatic rings. The number of ether oxygens (including phenoxy) is 1. The third-order valence-corrected chi connectivity index (χ3v) is 1.83. The standard InChI is InChI=1S/C9H9ClFNO2/c1-5(9(12)13)14-8-3-2-6(10)4-7(8)11/h2-5H,1H3,(H2,12,13). The van der Waals surface area contributed by atoms with Gasteiger partial charge in [0.05, 0.1) is 0 Å². The van der Waals surface area contributed by atoms with E-state index in [1.54, 1.807) is 0 Å². The smallest absolute Gasteiger partial charge is 0.258 e. The Morgan fingerprint density at radius 1 is 1.64 bits per heavy atom. The monoisotopic (exact) mass is 217 g/mol. The average molecular weight is 218 g/mol. The summed E-state index contributed by atoms with van der Waals surface area (Å²) in [5.41, 5.74) is 4.95. The molecule has 0 aromatic heterocycles. The maximum Gasteiger partial charge on any atom is 0.258 e. The minimum Gasteiger partial charge on any atom is -0.478 e. The van der Waals surface area contributed by atoms with Gasteiger partial charge >= 0.3 is 0 Å². The molecule has 76 valence electrons. The molecule has 5 heteroatoms. The topological polar surface area (TPSA) is 52.3 Å². The molecular formula is C9H9ClFNO2. The summed E-state index contributed by atoms with van der Waals surface area (Å²) in [6.45, 7) is 1.44. The van der Waals surface area contributed by atoms with Crippen molar-refractivity contribution in [2.75, 3.05) is 0 Å². The molecule has 1 atom stereocenters. The zero-order valence-electron chi connectivity index (χ0n) is 7.46. The van der Waals surface area contributed by atoms with Crippen molar-refractivity contribution in [3.8, 4) is 5.75 Å². The molecule has 0 aliphatic rings. The van der Waals surface area contributed by atoms with Crippen molar-refractivity contribution in [3.63, 3.8) is 0 Å². The Bertz CT molecular complexity index is 357. The summed E-state index contributed by atoms with van der Waals surface area (Å²) in [7, 11) is 0. The van der Waals surface area contributed by atoms with E-state index in [1.165, 1.54) is 19.1 Å². The second-order valence-corrected chi connectivity index (χ2v) is 3.17. The van der Waals surface area contributed by atoms with E-state index >= 15 is 0 Å². The third-order valence-electron chi connectivity index (χ3n) is 1.60. The molecule has 1 rings (SSSR count). The second kappa shape index (κ2) is 4.28. The van der Waals surface area contributed by atoms with Crippen LogP contribution < -0.4 is 10.5 Å². The molecule has 0 radical (unpaired) electrons. The predicted molar refractivity (Wildman–Crippen MR) is 50.7 cm³/mol. The lowest BCUT2D eigenvalue weighted by Crippen LogP contribution is -2.30. The fourth-order valence-electron chi connectivity index (χ4n) is 0.819. The van der Waals surface area contributed by atoms with Gasteiger partial charge in [-0.3, -0.25) is 4.79 Å². The van der Waals surface area contributed by atoms with Crippen LogP contribution in [0.25, 0.3) is 0 Å². The minimum atomic E-state index is -0.870. The Balaban J connectivity index is 2.82. The first-order valence-corrected chi connectivity index (χ1v) is 4.29. The van der Waals surface area contributed by atoms with Crippen molar-refractivity contribution >= 4 is 17.5 Å². The van der Waals surface area contributed by atoms with Gasteiger partial charge in [-0.15, -0.1) is 0 Å². The minimum absolute atomic E-state index is 0.0410. The Morgan fingerprint density at radius 3 is 2.79 bits per heavy atom. The van der Waals surface area contributed by atoms with Gasteiger partial charge in [-0.2, -0.15) is 0 Å². The lowest BCUT2D eigenvalue weighted by atomic mass is 10.3. The lowest BCUT2D eigenvalue weighted by molar-refractivity contribution is -0.124. The summed E-state index contributed by atoms with van der Waals surface area (Å²) >= 11 is 5.53. The summed E-state index contributed by atoms with van der Waals surface area (Å²) in [5.74, 6) is -1.31. The molecule has 0 spiro atoms. The molecule has 3 nitrogen and oxygen atoms in total. The van der Waals surface area contributed by atoms with E-state index in [1.807, 2.05) is 0 Å². The van der Waals surface area contributed by atoms with Gasteiger partial charge in [0.25, 0.3) is 5.91 Å². The number of amides is 1. The quantitative estimate of drug-likeness (QED) is 0.839. The summed E-state index contributed by atoms with van der Waals surface area (Å²) in [4.78, 5) is 10.6. The van der Waals surface area contributed by atoms with Crippen LogP contribution in [-0.2, 0) is 4.79 Å². The first kappa shape index (κ1) is 10.8. The molecule has 0 heterocycles. The molecule has 0 bridgehead atoms. The molecular weight excluding hydrogens is 209 g/mol. The van der Waals surface area contributed by atoms with Gasteiger partial charge in [0, 0.05) is 5.02 Å². The normalized spacial score (nSPS) is 12.2. The summed E-state index contributed by atoms with van der Waals surface area (Å²) in [5, 5.41) is 0.265. The van der Waals surface area contributed by atoms with Crippen LogP contribution in [0.5, 0.6) is 5.75 Å². The van der Waals surface area contributed by atoms with Crippen molar-refractivity contribution in [1.29, 1.82) is 0 Å². The predicted octanol–water partition coefficient (Wildman–Crippen LogP) is 1.73. The van der Waals surface area contributed by atoms with E-state index in [0.29, 0.717) is 0 Å². The number of nitrogens with two attached hydrogens (primary N) is 1. The van der Waals surface area contributed by atoms with Crippen molar-refractivity contribution < 1.29 is 13.9 Å². The maximum absolute atomic E-state index is 13.1. The van der Waals surface area contributed by atoms with E-state index in [9.17, 15) is 9.18 Å². The maximum atomic E-state index is 13.1. The molecule has 0 fully saturated rings. The first-order valence-electron chi connectivity index (χ1n) is 3.91. The fraction of sp³-hybridized carbons (Fsp3) is 0.222. The van der Waals surface area contributed by atoms with E-state index in [0.717, 1.165) is 6.07 Å². The Labute approximate surface area is 85.6 Å². The van der Waals surface area contributed by atoms with E-state index < -0.39 is 17.8 Å². The van der Waals surface area contributed by atoms with Crippen LogP contribution in [0.15, 0.2) is 18.2 Å². The van der Waals surface area contributed by atoms with E-state index in [4.69, 9.17) is 22.1 Å². The van der Waals surface area contributed by atoms with Crippen molar-refractivity contribution in [2.45, 2.75) is 13.0 Å². The number of halogens is 2. The number of carbonyl (C=O) groups is 1. The third kappa shape index (κ3) is 2.60. The molecule has 1 unspecified atom stereocenters. The van der Waals surface area contributed by atoms with Crippen LogP contribution in [0, 0.1) is 5.82 Å². The molecule has 1 amide bonds. The highest BCUT2D eigenvalue weighted by Crippen LogP contribution is 2.21. The van der Waals surface area contributed by atoms with Gasteiger partial charge in [-0.25, -0.2) is 4.39 Å². The molecule has 0 aliphatic heterocycles. The summed E-state index contributed by atoms with van der Waals surface area (Å²) in [6, 6.07) is 3.91. The van der Waals surface area contributed by atoms with Crippen LogP contribution in [0.4, 0.5) is 4.39 Å². The number of rotatable bonds is 3. The van der Waals surface area contributed by atoms with Crippen LogP contribution in [0.3, 0.4) is 0 Å². The molecule has 14 heavy (non-hydrogen) atoms. The van der Waals surface area contributed by atoms with Gasteiger partial charge < -0.3 is 10.5 Å². The van der Waals surface area contributed by atoms with Crippen molar-refractivity contribution in [3.05, 3.63) is 29.0 Å². The lowest BCUT2D eigenvalue weighted by Gasteiger charge is -2.11. The highest BCUT2D eigenvalue weighted by molar-refractivity contribution is 6.30. The number of hydrogen-bond donors (Lipinski definition) is 1. The second-order valence-electron chi connectivity index (χ2n) is 2.74.